The van der Waals surface area contributed by atoms with E-state index < -0.39 is 0 Å². The molecule has 0 heterocycles. The first-order valence-corrected chi connectivity index (χ1v) is 8.52. The lowest BCUT2D eigenvalue weighted by molar-refractivity contribution is 0.0503. The van der Waals surface area contributed by atoms with E-state index in [1.165, 1.54) is 18.9 Å². The highest BCUT2D eigenvalue weighted by atomic mass is 79.9. The molecule has 1 aliphatic carbocycles. The molecule has 0 saturated heterocycles. The van der Waals surface area contributed by atoms with Crippen LogP contribution in [0.2, 0.25) is 0 Å². The van der Waals surface area contributed by atoms with Gasteiger partial charge in [-0.1, -0.05) is 31.9 Å². The Hall–Kier alpha value is -0.450. The lowest BCUT2D eigenvalue weighted by Crippen LogP contribution is -2.60. The lowest BCUT2D eigenvalue weighted by atomic mass is 9.70. The van der Waals surface area contributed by atoms with Gasteiger partial charge in [0.25, 0.3) is 0 Å². The van der Waals surface area contributed by atoms with Crippen LogP contribution >= 0.6 is 15.9 Å². The Morgan fingerprint density at radius 1 is 1.48 bits per heavy atom. The van der Waals surface area contributed by atoms with Gasteiger partial charge < -0.3 is 10.6 Å². The molecule has 2 N–H and O–H groups in total. The monoisotopic (exact) mass is 356 g/mol. The second-order valence-electron chi connectivity index (χ2n) is 6.72. The third-order valence-corrected chi connectivity index (χ3v) is 5.95. The minimum atomic E-state index is -0.212. The van der Waals surface area contributed by atoms with Crippen molar-refractivity contribution in [2.45, 2.75) is 50.6 Å². The van der Waals surface area contributed by atoms with E-state index in [0.717, 1.165) is 18.4 Å². The molecular weight excluding hydrogens is 331 g/mol. The second kappa shape index (κ2) is 6.76. The Morgan fingerprint density at radius 3 is 2.81 bits per heavy atom. The average molecular weight is 357 g/mol. The Bertz CT molecular complexity index is 492. The lowest BCUT2D eigenvalue weighted by Gasteiger charge is -2.49. The Kier molecular flexibility index (Phi) is 5.44. The third kappa shape index (κ3) is 3.49. The number of hydrogen-bond donors (Lipinski definition) is 1. The summed E-state index contributed by atoms with van der Waals surface area (Å²) < 4.78 is 14.2. The minimum Gasteiger partial charge on any atom is -0.326 e. The molecule has 3 unspecified atom stereocenters. The van der Waals surface area contributed by atoms with Crippen molar-refractivity contribution in [2.24, 2.45) is 11.7 Å². The summed E-state index contributed by atoms with van der Waals surface area (Å²) in [6.07, 6.45) is 5.44. The number of hydrogen-bond acceptors (Lipinski definition) is 2. The second-order valence-corrected chi connectivity index (χ2v) is 7.52. The highest BCUT2D eigenvalue weighted by molar-refractivity contribution is 9.10. The van der Waals surface area contributed by atoms with Crippen molar-refractivity contribution in [2.75, 3.05) is 14.1 Å². The maximum Gasteiger partial charge on any atom is 0.137 e. The Morgan fingerprint density at radius 2 is 2.19 bits per heavy atom. The van der Waals surface area contributed by atoms with E-state index in [9.17, 15) is 4.39 Å². The fourth-order valence-electron chi connectivity index (χ4n) is 3.77. The van der Waals surface area contributed by atoms with Crippen molar-refractivity contribution in [1.82, 2.24) is 4.90 Å². The van der Waals surface area contributed by atoms with Crippen LogP contribution in [0.1, 0.15) is 38.2 Å². The predicted molar refractivity (Wildman–Crippen MR) is 89.8 cm³/mol. The van der Waals surface area contributed by atoms with Gasteiger partial charge in [0.15, 0.2) is 0 Å². The third-order valence-electron chi connectivity index (χ3n) is 5.06. The van der Waals surface area contributed by atoms with E-state index in [1.54, 1.807) is 6.07 Å². The van der Waals surface area contributed by atoms with E-state index in [-0.39, 0.29) is 17.4 Å². The molecule has 1 aromatic carbocycles. The van der Waals surface area contributed by atoms with Gasteiger partial charge in [-0.15, -0.1) is 0 Å². The van der Waals surface area contributed by atoms with E-state index in [2.05, 4.69) is 41.8 Å². The van der Waals surface area contributed by atoms with E-state index in [4.69, 9.17) is 5.73 Å². The van der Waals surface area contributed by atoms with Gasteiger partial charge in [-0.3, -0.25) is 0 Å². The summed E-state index contributed by atoms with van der Waals surface area (Å²) in [6.45, 7) is 2.31. The van der Waals surface area contributed by atoms with Gasteiger partial charge in [-0.05, 0) is 66.8 Å². The van der Waals surface area contributed by atoms with E-state index in [0.29, 0.717) is 16.8 Å². The van der Waals surface area contributed by atoms with Crippen LogP contribution in [0, 0.1) is 11.7 Å². The topological polar surface area (TPSA) is 29.3 Å². The molecule has 1 fully saturated rings. The zero-order valence-corrected chi connectivity index (χ0v) is 14.8. The van der Waals surface area contributed by atoms with Crippen LogP contribution < -0.4 is 5.73 Å². The zero-order valence-electron chi connectivity index (χ0n) is 13.2. The number of likely N-dealkylation sites (N-methyl/N-ethyl adjacent to an activating group) is 1. The van der Waals surface area contributed by atoms with Crippen LogP contribution in [-0.2, 0) is 6.42 Å². The molecule has 118 valence electrons. The smallest absolute Gasteiger partial charge is 0.137 e. The van der Waals surface area contributed by atoms with Crippen LogP contribution in [0.25, 0.3) is 0 Å². The molecule has 2 nitrogen and oxygen atoms in total. The maximum absolute atomic E-state index is 13.7. The summed E-state index contributed by atoms with van der Waals surface area (Å²) in [5, 5.41) is 0. The van der Waals surface area contributed by atoms with Gasteiger partial charge in [0, 0.05) is 11.6 Å². The first-order chi connectivity index (χ1) is 9.86. The number of halogens is 2. The fraction of sp³-hybridized carbons (Fsp3) is 0.647. The van der Waals surface area contributed by atoms with Crippen LogP contribution in [-0.4, -0.2) is 30.6 Å². The van der Waals surface area contributed by atoms with Crippen molar-refractivity contribution >= 4 is 15.9 Å². The van der Waals surface area contributed by atoms with Gasteiger partial charge in [-0.2, -0.15) is 0 Å². The molecule has 1 saturated carbocycles. The van der Waals surface area contributed by atoms with Crippen molar-refractivity contribution in [1.29, 1.82) is 0 Å². The summed E-state index contributed by atoms with van der Waals surface area (Å²) in [6, 6.07) is 5.20. The SMILES string of the molecule is CC1CCCC(C(N)Cc2cccc(F)c2Br)(N(C)C)C1. The Labute approximate surface area is 136 Å². The predicted octanol–water partition coefficient (Wildman–Crippen LogP) is 3.97. The molecule has 0 amide bonds. The van der Waals surface area contributed by atoms with Crippen LogP contribution in [0.3, 0.4) is 0 Å². The zero-order chi connectivity index (χ0) is 15.6. The molecule has 0 radical (unpaired) electrons. The summed E-state index contributed by atoms with van der Waals surface area (Å²) in [5.74, 6) is 0.485. The summed E-state index contributed by atoms with van der Waals surface area (Å²) in [5.41, 5.74) is 7.59. The average Bonchev–Trinajstić information content (AvgIpc) is 2.43. The van der Waals surface area contributed by atoms with Crippen LogP contribution in [0.5, 0.6) is 0 Å². The number of benzene rings is 1. The number of nitrogens with two attached hydrogens (primary N) is 1. The van der Waals surface area contributed by atoms with Crippen molar-refractivity contribution in [3.8, 4) is 0 Å². The van der Waals surface area contributed by atoms with Crippen molar-refractivity contribution in [3.05, 3.63) is 34.1 Å². The molecular formula is C17H26BrFN2. The molecule has 0 spiro atoms. The molecule has 21 heavy (non-hydrogen) atoms. The minimum absolute atomic E-state index is 0.00773. The highest BCUT2D eigenvalue weighted by Crippen LogP contribution is 2.39. The molecule has 2 rings (SSSR count). The standard InChI is InChI=1S/C17H26BrFN2/c1-12-6-5-9-17(11-12,21(2)3)15(20)10-13-7-4-8-14(19)16(13)18/h4,7-8,12,15H,5-6,9-11,20H2,1-3H3. The molecule has 0 aliphatic heterocycles. The fourth-order valence-corrected chi connectivity index (χ4v) is 4.20. The van der Waals surface area contributed by atoms with Gasteiger partial charge in [0.05, 0.1) is 4.47 Å². The largest absolute Gasteiger partial charge is 0.326 e. The van der Waals surface area contributed by atoms with E-state index >= 15 is 0 Å². The van der Waals surface area contributed by atoms with Crippen molar-refractivity contribution in [3.63, 3.8) is 0 Å². The summed E-state index contributed by atoms with van der Waals surface area (Å²) >= 11 is 3.36. The molecule has 0 aromatic heterocycles. The van der Waals surface area contributed by atoms with Crippen LogP contribution in [0.15, 0.2) is 22.7 Å². The summed E-state index contributed by atoms with van der Waals surface area (Å²) in [7, 11) is 4.25. The quantitative estimate of drug-likeness (QED) is 0.884. The normalized spacial score (nSPS) is 27.9. The van der Waals surface area contributed by atoms with Crippen molar-refractivity contribution < 1.29 is 4.39 Å². The number of rotatable bonds is 4. The van der Waals surface area contributed by atoms with Crippen LogP contribution in [0.4, 0.5) is 4.39 Å². The van der Waals surface area contributed by atoms with Gasteiger partial charge in [0.1, 0.15) is 5.82 Å². The molecule has 1 aromatic rings. The first-order valence-electron chi connectivity index (χ1n) is 7.72. The molecule has 3 atom stereocenters. The maximum atomic E-state index is 13.7. The van der Waals surface area contributed by atoms with Gasteiger partial charge in [-0.25, -0.2) is 4.39 Å². The molecule has 0 bridgehead atoms. The molecule has 4 heteroatoms. The Balaban J connectivity index is 2.23. The molecule has 1 aliphatic rings. The van der Waals surface area contributed by atoms with Gasteiger partial charge >= 0.3 is 0 Å². The highest BCUT2D eigenvalue weighted by Gasteiger charge is 2.42. The number of nitrogens with zero attached hydrogens (tertiary/aromatic N) is 1. The first kappa shape index (κ1) is 16.9. The van der Waals surface area contributed by atoms with E-state index in [1.807, 2.05) is 6.07 Å². The summed E-state index contributed by atoms with van der Waals surface area (Å²) in [4.78, 5) is 2.29. The van der Waals surface area contributed by atoms with Gasteiger partial charge in [0.2, 0.25) is 0 Å².